The van der Waals surface area contributed by atoms with Crippen molar-refractivity contribution in [3.05, 3.63) is 38.4 Å². The minimum absolute atomic E-state index is 0.332. The van der Waals surface area contributed by atoms with E-state index in [1.807, 2.05) is 18.5 Å². The highest BCUT2D eigenvalue weighted by molar-refractivity contribution is 7.17. The van der Waals surface area contributed by atoms with Gasteiger partial charge in [-0.2, -0.15) is 4.98 Å². The van der Waals surface area contributed by atoms with E-state index in [9.17, 15) is 4.79 Å². The van der Waals surface area contributed by atoms with Gasteiger partial charge in [0.15, 0.2) is 5.13 Å². The van der Waals surface area contributed by atoms with Crippen LogP contribution in [0.25, 0.3) is 0 Å². The van der Waals surface area contributed by atoms with Crippen molar-refractivity contribution in [2.24, 2.45) is 0 Å². The van der Waals surface area contributed by atoms with Crippen molar-refractivity contribution in [3.63, 3.8) is 0 Å². The Labute approximate surface area is 206 Å². The quantitative estimate of drug-likeness (QED) is 0.470. The van der Waals surface area contributed by atoms with E-state index in [2.05, 4.69) is 30.4 Å². The third-order valence-electron chi connectivity index (χ3n) is 5.86. The maximum Gasteiger partial charge on any atom is 0.350 e. The van der Waals surface area contributed by atoms with Crippen LogP contribution in [-0.2, 0) is 24.2 Å². The molecule has 0 aliphatic carbocycles. The predicted octanol–water partition coefficient (Wildman–Crippen LogP) is 2.59. The highest BCUT2D eigenvalue weighted by Crippen LogP contribution is 2.31. The molecule has 3 aromatic rings. The van der Waals surface area contributed by atoms with Crippen LogP contribution in [0, 0.1) is 6.92 Å². The van der Waals surface area contributed by atoms with Crippen molar-refractivity contribution in [1.82, 2.24) is 30.2 Å². The number of rotatable bonds is 7. The molecule has 1 fully saturated rings. The maximum absolute atomic E-state index is 12.2. The molecule has 12 heteroatoms. The van der Waals surface area contributed by atoms with E-state index in [1.54, 1.807) is 18.3 Å². The molecule has 0 bridgehead atoms. The molecule has 5 heterocycles. The first-order valence-corrected chi connectivity index (χ1v) is 13.2. The van der Waals surface area contributed by atoms with Crippen LogP contribution in [0.3, 0.4) is 0 Å². The smallest absolute Gasteiger partial charge is 0.350 e. The largest absolute Gasteiger partial charge is 0.462 e. The number of piperazine rings is 1. The normalized spacial score (nSPS) is 16.4. The van der Waals surface area contributed by atoms with Gasteiger partial charge in [0.2, 0.25) is 5.95 Å². The minimum atomic E-state index is -0.351. The summed E-state index contributed by atoms with van der Waals surface area (Å²) in [6.07, 6.45) is 2.76. The number of hydrogen-bond donors (Lipinski definition) is 2. The second-order valence-electron chi connectivity index (χ2n) is 8.20. The molecule has 0 radical (unpaired) electrons. The Kier molecular flexibility index (Phi) is 6.99. The van der Waals surface area contributed by atoms with Gasteiger partial charge in [0, 0.05) is 56.4 Å². The monoisotopic (exact) mass is 500 g/mol. The molecule has 2 aliphatic rings. The number of nitrogens with one attached hydrogen (secondary N) is 2. The lowest BCUT2D eigenvalue weighted by molar-refractivity contribution is 0.0531. The summed E-state index contributed by atoms with van der Waals surface area (Å²) in [4.78, 5) is 36.2. The van der Waals surface area contributed by atoms with Gasteiger partial charge in [-0.05, 0) is 20.3 Å². The van der Waals surface area contributed by atoms with E-state index in [0.717, 1.165) is 68.8 Å². The van der Waals surface area contributed by atoms with Crippen molar-refractivity contribution in [1.29, 1.82) is 0 Å². The third-order valence-corrected chi connectivity index (χ3v) is 7.67. The number of ether oxygens (including phenoxy) is 1. The number of thiazole rings is 2. The average Bonchev–Trinajstić information content (AvgIpc) is 3.48. The number of aryl methyl sites for hydroxylation is 1. The predicted molar refractivity (Wildman–Crippen MR) is 133 cm³/mol. The van der Waals surface area contributed by atoms with Crippen molar-refractivity contribution < 1.29 is 9.53 Å². The lowest BCUT2D eigenvalue weighted by Gasteiger charge is -2.34. The number of fused-ring (bicyclic) bond motifs is 1. The fraction of sp³-hybridized carbons (Fsp3) is 0.500. The van der Waals surface area contributed by atoms with Gasteiger partial charge in [-0.15, -0.1) is 11.3 Å². The first kappa shape index (κ1) is 23.1. The van der Waals surface area contributed by atoms with Gasteiger partial charge in [0.25, 0.3) is 0 Å². The molecule has 0 amide bonds. The van der Waals surface area contributed by atoms with Crippen LogP contribution >= 0.6 is 22.7 Å². The van der Waals surface area contributed by atoms with E-state index in [-0.39, 0.29) is 5.97 Å². The Morgan fingerprint density at radius 3 is 2.85 bits per heavy atom. The lowest BCUT2D eigenvalue weighted by atomic mass is 10.0. The molecule has 0 atom stereocenters. The molecule has 1 saturated heterocycles. The third kappa shape index (κ3) is 5.04. The highest BCUT2D eigenvalue weighted by Gasteiger charge is 2.27. The van der Waals surface area contributed by atoms with Gasteiger partial charge in [-0.25, -0.2) is 19.7 Å². The first-order chi connectivity index (χ1) is 16.6. The van der Waals surface area contributed by atoms with Crippen LogP contribution in [0.5, 0.6) is 0 Å². The van der Waals surface area contributed by atoms with Gasteiger partial charge < -0.3 is 15.0 Å². The zero-order valence-electron chi connectivity index (χ0n) is 19.3. The van der Waals surface area contributed by atoms with Gasteiger partial charge in [0.05, 0.1) is 24.5 Å². The Morgan fingerprint density at radius 2 is 2.09 bits per heavy atom. The molecular weight excluding hydrogens is 472 g/mol. The standard InChI is InChI=1S/C22H28N8O2S2/c1-3-32-20(31)18-14(2)25-22(34-18)28-21-26-16-12-29(13-17-24-7-11-33-17)8-4-15(16)19(27-21)30-9-5-23-6-10-30/h7,11,23H,3-6,8-10,12-13H2,1-2H3,(H,25,26,27,28). The second kappa shape index (κ2) is 10.3. The summed E-state index contributed by atoms with van der Waals surface area (Å²) in [6.45, 7) is 10.2. The Balaban J connectivity index is 1.43. The Hall–Kier alpha value is -2.67. The summed E-state index contributed by atoms with van der Waals surface area (Å²) in [6, 6.07) is 0. The fourth-order valence-corrected chi connectivity index (χ4v) is 5.76. The molecule has 0 spiro atoms. The number of nitrogens with zero attached hydrogens (tertiary/aromatic N) is 6. The van der Waals surface area contributed by atoms with Crippen LogP contribution in [0.1, 0.15) is 38.6 Å². The minimum Gasteiger partial charge on any atom is -0.462 e. The van der Waals surface area contributed by atoms with Crippen LogP contribution in [-0.4, -0.2) is 70.1 Å². The van der Waals surface area contributed by atoms with Crippen molar-refractivity contribution in [3.8, 4) is 0 Å². The van der Waals surface area contributed by atoms with E-state index in [0.29, 0.717) is 28.3 Å². The number of esters is 1. The van der Waals surface area contributed by atoms with Crippen LogP contribution in [0.15, 0.2) is 11.6 Å². The molecule has 5 rings (SSSR count). The van der Waals surface area contributed by atoms with E-state index in [4.69, 9.17) is 14.7 Å². The van der Waals surface area contributed by atoms with E-state index >= 15 is 0 Å². The van der Waals surface area contributed by atoms with E-state index in [1.165, 1.54) is 16.9 Å². The Morgan fingerprint density at radius 1 is 1.24 bits per heavy atom. The van der Waals surface area contributed by atoms with E-state index < -0.39 is 0 Å². The molecule has 10 nitrogen and oxygen atoms in total. The van der Waals surface area contributed by atoms with Crippen molar-refractivity contribution in [2.75, 3.05) is 49.5 Å². The van der Waals surface area contributed by atoms with Gasteiger partial charge in [0.1, 0.15) is 15.7 Å². The topological polar surface area (TPSA) is 108 Å². The maximum atomic E-state index is 12.2. The summed E-state index contributed by atoms with van der Waals surface area (Å²) in [5.41, 5.74) is 2.90. The van der Waals surface area contributed by atoms with Crippen molar-refractivity contribution >= 4 is 45.5 Å². The SMILES string of the molecule is CCOC(=O)c1sc(Nc2nc3c(c(N4CCNCC4)n2)CCN(Cc2nccs2)C3)nc1C. The van der Waals surface area contributed by atoms with Crippen LogP contribution in [0.2, 0.25) is 0 Å². The lowest BCUT2D eigenvalue weighted by Crippen LogP contribution is -2.45. The molecule has 0 unspecified atom stereocenters. The van der Waals surface area contributed by atoms with Gasteiger partial charge in [-0.1, -0.05) is 11.3 Å². The number of anilines is 3. The fourth-order valence-electron chi connectivity index (χ4n) is 4.25. The summed E-state index contributed by atoms with van der Waals surface area (Å²) in [5, 5.41) is 10.4. The molecule has 34 heavy (non-hydrogen) atoms. The molecule has 0 saturated carbocycles. The first-order valence-electron chi connectivity index (χ1n) is 11.5. The summed E-state index contributed by atoms with van der Waals surface area (Å²) < 4.78 is 5.15. The molecule has 2 N–H and O–H groups in total. The van der Waals surface area contributed by atoms with Gasteiger partial charge >= 0.3 is 5.97 Å². The molecule has 2 aliphatic heterocycles. The van der Waals surface area contributed by atoms with Crippen LogP contribution in [0.4, 0.5) is 16.9 Å². The molecule has 0 aromatic carbocycles. The molecular formula is C22H28N8O2S2. The van der Waals surface area contributed by atoms with Crippen LogP contribution < -0.4 is 15.5 Å². The summed E-state index contributed by atoms with van der Waals surface area (Å²) in [7, 11) is 0. The van der Waals surface area contributed by atoms with Crippen molar-refractivity contribution in [2.45, 2.75) is 33.4 Å². The number of carbonyl (C=O) groups is 1. The highest BCUT2D eigenvalue weighted by atomic mass is 32.1. The number of hydrogen-bond acceptors (Lipinski definition) is 12. The summed E-state index contributed by atoms with van der Waals surface area (Å²) >= 11 is 2.95. The van der Waals surface area contributed by atoms with Gasteiger partial charge in [-0.3, -0.25) is 10.2 Å². The average molecular weight is 501 g/mol. The second-order valence-corrected chi connectivity index (χ2v) is 10.2. The Bertz CT molecular complexity index is 1140. The number of aromatic nitrogens is 4. The summed E-state index contributed by atoms with van der Waals surface area (Å²) in [5.74, 6) is 1.16. The molecule has 3 aromatic heterocycles. The molecule has 180 valence electrons. The zero-order chi connectivity index (χ0) is 23.5. The number of carbonyl (C=O) groups excluding carboxylic acids is 1. The zero-order valence-corrected chi connectivity index (χ0v) is 21.0.